The summed E-state index contributed by atoms with van der Waals surface area (Å²) in [6, 6.07) is 0. The third kappa shape index (κ3) is 1.17. The molecule has 2 aromatic rings. The number of rotatable bonds is 1. The molecule has 14 heavy (non-hydrogen) atoms. The molecule has 6 heteroatoms. The molecule has 6 nitrogen and oxygen atoms in total. The van der Waals surface area contributed by atoms with Gasteiger partial charge in [0.25, 0.3) is 0 Å². The quantitative estimate of drug-likeness (QED) is 0.666. The van der Waals surface area contributed by atoms with Crippen molar-refractivity contribution in [1.82, 2.24) is 20.0 Å². The maximum Gasteiger partial charge on any atom is 0.128 e. The Morgan fingerprint density at radius 1 is 1.21 bits per heavy atom. The minimum absolute atomic E-state index is 0.429. The second-order valence-corrected chi connectivity index (χ2v) is 2.89. The Hall–Kier alpha value is -2.11. The highest BCUT2D eigenvalue weighted by Crippen LogP contribution is 2.22. The van der Waals surface area contributed by atoms with Crippen molar-refractivity contribution in [2.45, 2.75) is 6.92 Å². The van der Waals surface area contributed by atoms with E-state index in [1.165, 1.54) is 4.80 Å². The lowest BCUT2D eigenvalue weighted by molar-refractivity contribution is 0.750. The molecular weight excluding hydrogens is 180 g/mol. The largest absolute Gasteiger partial charge is 0.397 e. The van der Waals surface area contributed by atoms with Gasteiger partial charge in [-0.05, 0) is 6.92 Å². The van der Waals surface area contributed by atoms with Crippen LogP contribution in [0.3, 0.4) is 0 Å². The summed E-state index contributed by atoms with van der Waals surface area (Å²) in [5, 5.41) is 7.93. The van der Waals surface area contributed by atoms with Gasteiger partial charge in [0.2, 0.25) is 0 Å². The van der Waals surface area contributed by atoms with Gasteiger partial charge in [0, 0.05) is 5.56 Å². The highest BCUT2D eigenvalue weighted by molar-refractivity contribution is 5.66. The van der Waals surface area contributed by atoms with Crippen LogP contribution in [0.25, 0.3) is 5.69 Å². The Balaban J connectivity index is 2.61. The first-order valence-corrected chi connectivity index (χ1v) is 4.07. The number of aromatic nitrogens is 4. The van der Waals surface area contributed by atoms with Crippen LogP contribution in [-0.4, -0.2) is 20.0 Å². The second-order valence-electron chi connectivity index (χ2n) is 2.89. The smallest absolute Gasteiger partial charge is 0.128 e. The SMILES string of the molecule is Cc1c(N)ncc(-n2nccn2)c1N. The number of hydrogen-bond donors (Lipinski definition) is 2. The third-order valence-corrected chi connectivity index (χ3v) is 2.02. The molecule has 0 fully saturated rings. The summed E-state index contributed by atoms with van der Waals surface area (Å²) in [5.41, 5.74) is 13.4. The van der Waals surface area contributed by atoms with Crippen LogP contribution in [0.2, 0.25) is 0 Å². The highest BCUT2D eigenvalue weighted by Gasteiger charge is 2.08. The summed E-state index contributed by atoms with van der Waals surface area (Å²) in [5.74, 6) is 0.429. The molecular formula is C8H10N6. The van der Waals surface area contributed by atoms with Crippen LogP contribution in [0.5, 0.6) is 0 Å². The van der Waals surface area contributed by atoms with E-state index < -0.39 is 0 Å². The van der Waals surface area contributed by atoms with Gasteiger partial charge in [0.05, 0.1) is 24.3 Å². The van der Waals surface area contributed by atoms with Gasteiger partial charge in [-0.15, -0.1) is 4.80 Å². The molecule has 0 atom stereocenters. The van der Waals surface area contributed by atoms with Gasteiger partial charge in [-0.25, -0.2) is 4.98 Å². The molecule has 0 radical (unpaired) electrons. The van der Waals surface area contributed by atoms with Crippen LogP contribution >= 0.6 is 0 Å². The van der Waals surface area contributed by atoms with Crippen molar-refractivity contribution in [2.75, 3.05) is 11.5 Å². The van der Waals surface area contributed by atoms with Crippen molar-refractivity contribution in [3.8, 4) is 5.69 Å². The molecule has 0 aromatic carbocycles. The molecule has 0 aliphatic carbocycles. The van der Waals surface area contributed by atoms with Gasteiger partial charge in [0.15, 0.2) is 0 Å². The zero-order valence-electron chi connectivity index (χ0n) is 7.68. The number of nitrogens with zero attached hydrogens (tertiary/aromatic N) is 4. The number of nitrogens with two attached hydrogens (primary N) is 2. The summed E-state index contributed by atoms with van der Waals surface area (Å²) >= 11 is 0. The fourth-order valence-electron chi connectivity index (χ4n) is 1.13. The molecule has 0 aliphatic heterocycles. The van der Waals surface area contributed by atoms with Crippen LogP contribution in [0, 0.1) is 6.92 Å². The van der Waals surface area contributed by atoms with Crippen molar-refractivity contribution < 1.29 is 0 Å². The number of anilines is 2. The van der Waals surface area contributed by atoms with Gasteiger partial charge in [-0.3, -0.25) is 0 Å². The minimum Gasteiger partial charge on any atom is -0.397 e. The van der Waals surface area contributed by atoms with Crippen molar-refractivity contribution in [3.05, 3.63) is 24.2 Å². The van der Waals surface area contributed by atoms with Gasteiger partial charge >= 0.3 is 0 Å². The Bertz CT molecular complexity index is 447. The van der Waals surface area contributed by atoms with E-state index in [4.69, 9.17) is 11.5 Å². The third-order valence-electron chi connectivity index (χ3n) is 2.02. The average Bonchev–Trinajstić information content (AvgIpc) is 2.67. The van der Waals surface area contributed by atoms with E-state index >= 15 is 0 Å². The zero-order chi connectivity index (χ0) is 10.1. The summed E-state index contributed by atoms with van der Waals surface area (Å²) in [6.45, 7) is 1.81. The van der Waals surface area contributed by atoms with Crippen LogP contribution in [0.1, 0.15) is 5.56 Å². The fraction of sp³-hybridized carbons (Fsp3) is 0.125. The standard InChI is InChI=1S/C8H10N6/c1-5-7(9)6(4-11-8(5)10)14-12-2-3-13-14/h2-4H,1H3,(H4,9,10,11). The summed E-state index contributed by atoms with van der Waals surface area (Å²) in [4.78, 5) is 5.40. The van der Waals surface area contributed by atoms with E-state index in [0.29, 0.717) is 17.2 Å². The molecule has 0 aliphatic rings. The molecule has 72 valence electrons. The molecule has 2 aromatic heterocycles. The van der Waals surface area contributed by atoms with Gasteiger partial charge in [-0.1, -0.05) is 0 Å². The fourth-order valence-corrected chi connectivity index (χ4v) is 1.13. The lowest BCUT2D eigenvalue weighted by atomic mass is 10.2. The number of pyridine rings is 1. The molecule has 2 rings (SSSR count). The average molecular weight is 190 g/mol. The van der Waals surface area contributed by atoms with Crippen molar-refractivity contribution in [3.63, 3.8) is 0 Å². The van der Waals surface area contributed by atoms with Gasteiger partial charge < -0.3 is 11.5 Å². The van der Waals surface area contributed by atoms with Crippen LogP contribution in [-0.2, 0) is 0 Å². The van der Waals surface area contributed by atoms with E-state index in [9.17, 15) is 0 Å². The molecule has 0 bridgehead atoms. The first-order chi connectivity index (χ1) is 6.70. The van der Waals surface area contributed by atoms with Crippen molar-refractivity contribution in [2.24, 2.45) is 0 Å². The summed E-state index contributed by atoms with van der Waals surface area (Å²) < 4.78 is 0. The zero-order valence-corrected chi connectivity index (χ0v) is 7.68. The molecule has 2 heterocycles. The van der Waals surface area contributed by atoms with Crippen LogP contribution in [0.15, 0.2) is 18.6 Å². The Morgan fingerprint density at radius 2 is 1.86 bits per heavy atom. The summed E-state index contributed by atoms with van der Waals surface area (Å²) in [6.07, 6.45) is 4.70. The van der Waals surface area contributed by atoms with Crippen LogP contribution < -0.4 is 11.5 Å². The van der Waals surface area contributed by atoms with E-state index in [1.807, 2.05) is 6.92 Å². The molecule has 0 amide bonds. The predicted octanol–water partition coefficient (Wildman–Crippen LogP) is 0.135. The van der Waals surface area contributed by atoms with Crippen molar-refractivity contribution in [1.29, 1.82) is 0 Å². The van der Waals surface area contributed by atoms with Crippen molar-refractivity contribution >= 4 is 11.5 Å². The summed E-state index contributed by atoms with van der Waals surface area (Å²) in [7, 11) is 0. The maximum absolute atomic E-state index is 5.85. The monoisotopic (exact) mass is 190 g/mol. The van der Waals surface area contributed by atoms with Gasteiger partial charge in [-0.2, -0.15) is 10.2 Å². The first kappa shape index (κ1) is 8.49. The van der Waals surface area contributed by atoms with Crippen LogP contribution in [0.4, 0.5) is 11.5 Å². The molecule has 0 unspecified atom stereocenters. The lowest BCUT2D eigenvalue weighted by Gasteiger charge is -2.07. The van der Waals surface area contributed by atoms with E-state index in [-0.39, 0.29) is 0 Å². The molecule has 0 spiro atoms. The number of nitrogen functional groups attached to an aromatic ring is 2. The maximum atomic E-state index is 5.85. The topological polar surface area (TPSA) is 95.6 Å². The van der Waals surface area contributed by atoms with Gasteiger partial charge in [0.1, 0.15) is 11.5 Å². The number of hydrogen-bond acceptors (Lipinski definition) is 5. The normalized spacial score (nSPS) is 10.4. The highest BCUT2D eigenvalue weighted by atomic mass is 15.5. The first-order valence-electron chi connectivity index (χ1n) is 4.07. The Morgan fingerprint density at radius 3 is 2.50 bits per heavy atom. The minimum atomic E-state index is 0.429. The predicted molar refractivity (Wildman–Crippen MR) is 52.7 cm³/mol. The Kier molecular flexibility index (Phi) is 1.81. The molecule has 0 saturated heterocycles. The molecule has 4 N–H and O–H groups in total. The second kappa shape index (κ2) is 2.99. The Labute approximate surface area is 80.5 Å². The van der Waals surface area contributed by atoms with E-state index in [0.717, 1.165) is 5.56 Å². The van der Waals surface area contributed by atoms with E-state index in [2.05, 4.69) is 15.2 Å². The van der Waals surface area contributed by atoms with E-state index in [1.54, 1.807) is 18.6 Å². The lowest BCUT2D eigenvalue weighted by Crippen LogP contribution is -2.07. The molecule has 0 saturated carbocycles.